The van der Waals surface area contributed by atoms with E-state index in [0.29, 0.717) is 46.5 Å². The summed E-state index contributed by atoms with van der Waals surface area (Å²) in [7, 11) is 0. The first-order chi connectivity index (χ1) is 18.6. The summed E-state index contributed by atoms with van der Waals surface area (Å²) in [6.07, 6.45) is 2.15. The third-order valence-electron chi connectivity index (χ3n) is 8.17. The van der Waals surface area contributed by atoms with Crippen molar-refractivity contribution in [3.63, 3.8) is 0 Å². The van der Waals surface area contributed by atoms with Gasteiger partial charge < -0.3 is 15.7 Å². The van der Waals surface area contributed by atoms with E-state index in [1.807, 2.05) is 21.4 Å². The van der Waals surface area contributed by atoms with Crippen LogP contribution in [0.15, 0.2) is 54.7 Å². The Labute approximate surface area is 229 Å². The summed E-state index contributed by atoms with van der Waals surface area (Å²) in [5.41, 5.74) is 7.52. The van der Waals surface area contributed by atoms with Crippen LogP contribution >= 0.6 is 11.6 Å². The summed E-state index contributed by atoms with van der Waals surface area (Å²) in [5.74, 6) is 1.18. The molecule has 0 spiro atoms. The number of piperidine rings is 1. The Morgan fingerprint density at radius 1 is 1.13 bits per heavy atom. The van der Waals surface area contributed by atoms with Gasteiger partial charge in [0.1, 0.15) is 33.6 Å². The van der Waals surface area contributed by atoms with E-state index in [0.717, 1.165) is 30.7 Å². The Bertz CT molecular complexity index is 1570. The van der Waals surface area contributed by atoms with Gasteiger partial charge in [-0.25, -0.2) is 18.7 Å². The zero-order valence-electron chi connectivity index (χ0n) is 21.3. The van der Waals surface area contributed by atoms with Crippen molar-refractivity contribution in [1.29, 1.82) is 0 Å². The first-order valence-electron chi connectivity index (χ1n) is 13.0. The van der Waals surface area contributed by atoms with Gasteiger partial charge in [0.15, 0.2) is 0 Å². The standard InChI is InChI=1S/C29H28ClF2N5O2/c1-29(39,20-4-2-3-17(13-20)26(31)32)19-8-5-16(6-9-19)24-25-27(33)34-14-22(30)37(25)28(35-24)18-7-10-21-11-12-23(38)36(21)15-18/h2-6,8-9,13-14,18,21,26,39H,7,10-12,15H2,1H3,(H2,33,34)/t18-,21+,29+/m1/s1. The molecular weight excluding hydrogens is 524 g/mol. The maximum atomic E-state index is 13.3. The lowest BCUT2D eigenvalue weighted by molar-refractivity contribution is -0.130. The van der Waals surface area contributed by atoms with Gasteiger partial charge in [-0.15, -0.1) is 0 Å². The third kappa shape index (κ3) is 4.33. The molecule has 2 fully saturated rings. The molecule has 4 heterocycles. The highest BCUT2D eigenvalue weighted by Crippen LogP contribution is 2.40. The monoisotopic (exact) mass is 551 g/mol. The number of hydrogen-bond donors (Lipinski definition) is 2. The van der Waals surface area contributed by atoms with Crippen LogP contribution in [0.3, 0.4) is 0 Å². The van der Waals surface area contributed by atoms with Gasteiger partial charge in [0.2, 0.25) is 5.91 Å². The van der Waals surface area contributed by atoms with Crippen LogP contribution in [0, 0.1) is 0 Å². The molecule has 0 bridgehead atoms. The van der Waals surface area contributed by atoms with Gasteiger partial charge in [0, 0.05) is 36.1 Å². The molecule has 0 saturated carbocycles. The number of halogens is 3. The van der Waals surface area contributed by atoms with Crippen LogP contribution in [0.5, 0.6) is 0 Å². The van der Waals surface area contributed by atoms with Gasteiger partial charge in [-0.3, -0.25) is 9.20 Å². The van der Waals surface area contributed by atoms with Crippen LogP contribution in [-0.4, -0.2) is 42.9 Å². The lowest BCUT2D eigenvalue weighted by Crippen LogP contribution is -2.41. The second-order valence-electron chi connectivity index (χ2n) is 10.6. The van der Waals surface area contributed by atoms with Crippen molar-refractivity contribution in [1.82, 2.24) is 19.3 Å². The average Bonchev–Trinajstić information content (AvgIpc) is 3.53. The lowest BCUT2D eigenvalue weighted by Gasteiger charge is -2.34. The first kappa shape index (κ1) is 25.7. The SMILES string of the molecule is C[C@](O)(c1ccc(-c2nc([C@@H]3CC[C@H]4CCC(=O)N4C3)n3c(Cl)cnc(N)c23)cc1)c1cccc(C(F)F)c1. The zero-order chi connectivity index (χ0) is 27.5. The Morgan fingerprint density at radius 2 is 1.90 bits per heavy atom. The molecule has 2 aromatic heterocycles. The van der Waals surface area contributed by atoms with Gasteiger partial charge in [0.05, 0.1) is 6.20 Å². The maximum absolute atomic E-state index is 13.3. The summed E-state index contributed by atoms with van der Waals surface area (Å²) in [6.45, 7) is 2.16. The fraction of sp³-hybridized carbons (Fsp3) is 0.345. The Morgan fingerprint density at radius 3 is 2.64 bits per heavy atom. The average molecular weight is 552 g/mol. The zero-order valence-corrected chi connectivity index (χ0v) is 22.1. The maximum Gasteiger partial charge on any atom is 0.263 e. The van der Waals surface area contributed by atoms with Crippen LogP contribution in [-0.2, 0) is 10.4 Å². The first-order valence-corrected chi connectivity index (χ1v) is 13.4. The number of anilines is 1. The number of nitrogens with two attached hydrogens (primary N) is 1. The van der Waals surface area contributed by atoms with E-state index in [1.165, 1.54) is 24.4 Å². The minimum absolute atomic E-state index is 0.00836. The number of nitrogens with zero attached hydrogens (tertiary/aromatic N) is 4. The largest absolute Gasteiger partial charge is 0.382 e. The molecule has 2 saturated heterocycles. The van der Waals surface area contributed by atoms with Crippen molar-refractivity contribution in [2.45, 2.75) is 56.6 Å². The number of hydrogen-bond acceptors (Lipinski definition) is 5. The van der Waals surface area contributed by atoms with Gasteiger partial charge >= 0.3 is 0 Å². The highest BCUT2D eigenvalue weighted by molar-refractivity contribution is 6.30. The van der Waals surface area contributed by atoms with Crippen LogP contribution in [0.2, 0.25) is 5.15 Å². The minimum Gasteiger partial charge on any atom is -0.382 e. The molecule has 39 heavy (non-hydrogen) atoms. The van der Waals surface area contributed by atoms with Crippen molar-refractivity contribution in [2.75, 3.05) is 12.3 Å². The van der Waals surface area contributed by atoms with Gasteiger partial charge in [-0.05, 0) is 43.4 Å². The second-order valence-corrected chi connectivity index (χ2v) is 10.9. The summed E-state index contributed by atoms with van der Waals surface area (Å²) in [6, 6.07) is 13.2. The predicted octanol–water partition coefficient (Wildman–Crippen LogP) is 5.69. The number of alkyl halides is 2. The number of amides is 1. The molecule has 2 aromatic carbocycles. The van der Waals surface area contributed by atoms with Crippen LogP contribution in [0.25, 0.3) is 16.8 Å². The Hall–Kier alpha value is -3.56. The normalized spacial score (nSPS) is 21.0. The molecule has 2 aliphatic heterocycles. The van der Waals surface area contributed by atoms with Crippen molar-refractivity contribution in [3.8, 4) is 11.3 Å². The third-order valence-corrected chi connectivity index (χ3v) is 8.44. The molecule has 202 valence electrons. The van der Waals surface area contributed by atoms with Gasteiger partial charge in [-0.2, -0.15) is 0 Å². The van der Waals surface area contributed by atoms with Crippen molar-refractivity contribution in [3.05, 3.63) is 82.4 Å². The number of rotatable bonds is 5. The fourth-order valence-corrected chi connectivity index (χ4v) is 6.20. The molecule has 10 heteroatoms. The molecule has 4 aromatic rings. The van der Waals surface area contributed by atoms with E-state index in [4.69, 9.17) is 22.3 Å². The molecule has 0 radical (unpaired) electrons. The minimum atomic E-state index is -2.63. The van der Waals surface area contributed by atoms with E-state index < -0.39 is 12.0 Å². The Kier molecular flexibility index (Phi) is 6.31. The van der Waals surface area contributed by atoms with E-state index in [1.54, 1.807) is 25.1 Å². The van der Waals surface area contributed by atoms with E-state index in [9.17, 15) is 18.7 Å². The highest BCUT2D eigenvalue weighted by Gasteiger charge is 2.38. The van der Waals surface area contributed by atoms with Crippen LogP contribution in [0.4, 0.5) is 14.6 Å². The summed E-state index contributed by atoms with van der Waals surface area (Å²) in [4.78, 5) is 23.7. The van der Waals surface area contributed by atoms with Gasteiger partial charge in [-0.1, -0.05) is 54.1 Å². The molecule has 3 atom stereocenters. The molecule has 6 rings (SSSR count). The van der Waals surface area contributed by atoms with Crippen molar-refractivity contribution >= 4 is 28.8 Å². The Balaban J connectivity index is 1.39. The summed E-state index contributed by atoms with van der Waals surface area (Å²) in [5, 5.41) is 11.7. The number of nitrogen functional groups attached to an aromatic ring is 1. The number of aliphatic hydroxyl groups is 1. The topological polar surface area (TPSA) is 96.8 Å². The summed E-state index contributed by atoms with van der Waals surface area (Å²) >= 11 is 6.62. The molecular formula is C29H28ClF2N5O2. The smallest absolute Gasteiger partial charge is 0.263 e. The molecule has 0 aliphatic carbocycles. The number of carbonyl (C=O) groups excluding carboxylic acids is 1. The lowest BCUT2D eigenvalue weighted by atomic mass is 9.87. The predicted molar refractivity (Wildman–Crippen MR) is 145 cm³/mol. The van der Waals surface area contributed by atoms with Crippen molar-refractivity contribution < 1.29 is 18.7 Å². The molecule has 0 unspecified atom stereocenters. The number of carbonyl (C=O) groups is 1. The molecule has 1 amide bonds. The second kappa shape index (κ2) is 9.57. The molecule has 3 N–H and O–H groups in total. The quantitative estimate of drug-likeness (QED) is 0.332. The number of benzene rings is 2. The van der Waals surface area contributed by atoms with E-state index in [2.05, 4.69) is 4.98 Å². The van der Waals surface area contributed by atoms with Gasteiger partial charge in [0.25, 0.3) is 6.43 Å². The van der Waals surface area contributed by atoms with E-state index in [-0.39, 0.29) is 23.2 Å². The van der Waals surface area contributed by atoms with Crippen molar-refractivity contribution in [2.24, 2.45) is 0 Å². The summed E-state index contributed by atoms with van der Waals surface area (Å²) < 4.78 is 28.3. The van der Waals surface area contributed by atoms with Crippen LogP contribution < -0.4 is 5.73 Å². The van der Waals surface area contributed by atoms with Crippen LogP contribution in [0.1, 0.15) is 67.5 Å². The highest BCUT2D eigenvalue weighted by atomic mass is 35.5. The molecule has 7 nitrogen and oxygen atoms in total. The number of fused-ring (bicyclic) bond motifs is 2. The fourth-order valence-electron chi connectivity index (χ4n) is 5.98. The molecule has 2 aliphatic rings. The number of imidazole rings is 1. The number of aromatic nitrogens is 3. The van der Waals surface area contributed by atoms with E-state index >= 15 is 0 Å².